The second-order valence-corrected chi connectivity index (χ2v) is 7.95. The predicted octanol–water partition coefficient (Wildman–Crippen LogP) is 5.29. The SMILES string of the molecule is CCc1ccc(N2C(=O)NC(=O)/C(=C\c3ccc(OCc4ccccc4F)c(Cl)c3)C2=O)cc1. The molecule has 0 bridgehead atoms. The van der Waals surface area contributed by atoms with E-state index in [1.54, 1.807) is 42.5 Å². The Morgan fingerprint density at radius 2 is 1.76 bits per heavy atom. The van der Waals surface area contributed by atoms with Gasteiger partial charge >= 0.3 is 6.03 Å². The molecule has 172 valence electrons. The molecule has 1 heterocycles. The van der Waals surface area contributed by atoms with Crippen LogP contribution in [0.3, 0.4) is 0 Å². The molecule has 34 heavy (non-hydrogen) atoms. The number of ether oxygens (including phenoxy) is 1. The van der Waals surface area contributed by atoms with Crippen LogP contribution in [0.5, 0.6) is 5.75 Å². The lowest BCUT2D eigenvalue weighted by Gasteiger charge is -2.26. The van der Waals surface area contributed by atoms with E-state index in [-0.39, 0.29) is 23.0 Å². The molecule has 1 aliphatic heterocycles. The Morgan fingerprint density at radius 3 is 2.44 bits per heavy atom. The number of barbiturate groups is 1. The number of anilines is 1. The van der Waals surface area contributed by atoms with Gasteiger partial charge in [0.05, 0.1) is 10.7 Å². The maximum Gasteiger partial charge on any atom is 0.335 e. The molecule has 8 heteroatoms. The zero-order valence-electron chi connectivity index (χ0n) is 18.2. The molecular weight excluding hydrogens is 459 g/mol. The summed E-state index contributed by atoms with van der Waals surface area (Å²) in [6.07, 6.45) is 2.16. The van der Waals surface area contributed by atoms with Gasteiger partial charge in [-0.1, -0.05) is 54.9 Å². The van der Waals surface area contributed by atoms with Crippen molar-refractivity contribution in [2.24, 2.45) is 0 Å². The van der Waals surface area contributed by atoms with Crippen LogP contribution in [0.25, 0.3) is 6.08 Å². The van der Waals surface area contributed by atoms with E-state index in [2.05, 4.69) is 5.32 Å². The summed E-state index contributed by atoms with van der Waals surface area (Å²) in [5.74, 6) is -1.61. The van der Waals surface area contributed by atoms with Crippen LogP contribution < -0.4 is 15.0 Å². The first-order valence-corrected chi connectivity index (χ1v) is 10.9. The van der Waals surface area contributed by atoms with Gasteiger partial charge in [0.15, 0.2) is 0 Å². The van der Waals surface area contributed by atoms with E-state index in [0.717, 1.165) is 16.9 Å². The quantitative estimate of drug-likeness (QED) is 0.386. The topological polar surface area (TPSA) is 75.7 Å². The minimum absolute atomic E-state index is 0.0123. The van der Waals surface area contributed by atoms with Crippen LogP contribution in [-0.2, 0) is 22.6 Å². The molecule has 3 aromatic rings. The van der Waals surface area contributed by atoms with Crippen LogP contribution in [0, 0.1) is 5.82 Å². The van der Waals surface area contributed by atoms with Crippen molar-refractivity contribution in [1.29, 1.82) is 0 Å². The Kier molecular flexibility index (Phi) is 6.75. The zero-order valence-corrected chi connectivity index (χ0v) is 18.9. The van der Waals surface area contributed by atoms with E-state index in [1.807, 2.05) is 19.1 Å². The Hall–Kier alpha value is -3.97. The number of halogens is 2. The third-order valence-electron chi connectivity index (χ3n) is 5.31. The third-order valence-corrected chi connectivity index (χ3v) is 5.61. The van der Waals surface area contributed by atoms with E-state index in [1.165, 1.54) is 18.2 Å². The van der Waals surface area contributed by atoms with Crippen molar-refractivity contribution in [3.05, 3.63) is 99.8 Å². The standard InChI is InChI=1S/C26H20ClFN2O4/c1-2-16-7-10-19(11-8-16)30-25(32)20(24(31)29-26(30)33)13-17-9-12-23(21(27)14-17)34-15-18-5-3-4-6-22(18)28/h3-14H,2,15H2,1H3,(H,29,31,33)/b20-13+. The van der Waals surface area contributed by atoms with Crippen LogP contribution in [-0.4, -0.2) is 17.8 Å². The van der Waals surface area contributed by atoms with E-state index >= 15 is 0 Å². The summed E-state index contributed by atoms with van der Waals surface area (Å²) in [5, 5.41) is 2.41. The summed E-state index contributed by atoms with van der Waals surface area (Å²) in [6.45, 7) is 1.98. The van der Waals surface area contributed by atoms with E-state index in [4.69, 9.17) is 16.3 Å². The van der Waals surface area contributed by atoms with Crippen LogP contribution in [0.2, 0.25) is 5.02 Å². The molecule has 0 atom stereocenters. The molecule has 1 N–H and O–H groups in total. The van der Waals surface area contributed by atoms with Gasteiger partial charge in [-0.15, -0.1) is 0 Å². The fraction of sp³-hybridized carbons (Fsp3) is 0.115. The Bertz CT molecular complexity index is 1300. The van der Waals surface area contributed by atoms with Crippen LogP contribution in [0.15, 0.2) is 72.3 Å². The van der Waals surface area contributed by atoms with Gasteiger partial charge in [0.1, 0.15) is 23.7 Å². The van der Waals surface area contributed by atoms with Gasteiger partial charge < -0.3 is 4.74 Å². The lowest BCUT2D eigenvalue weighted by Crippen LogP contribution is -2.54. The van der Waals surface area contributed by atoms with Crippen molar-refractivity contribution in [3.63, 3.8) is 0 Å². The molecule has 0 aromatic heterocycles. The fourth-order valence-electron chi connectivity index (χ4n) is 3.43. The Balaban J connectivity index is 1.56. The summed E-state index contributed by atoms with van der Waals surface area (Å²) in [6, 6.07) is 17.1. The summed E-state index contributed by atoms with van der Waals surface area (Å²) >= 11 is 6.30. The number of imide groups is 2. The molecule has 4 rings (SSSR count). The molecule has 4 amide bonds. The lowest BCUT2D eigenvalue weighted by atomic mass is 10.1. The first-order chi connectivity index (χ1) is 16.4. The summed E-state index contributed by atoms with van der Waals surface area (Å²) in [4.78, 5) is 38.7. The average Bonchev–Trinajstić information content (AvgIpc) is 2.82. The highest BCUT2D eigenvalue weighted by Crippen LogP contribution is 2.29. The number of carbonyl (C=O) groups is 3. The largest absolute Gasteiger partial charge is 0.487 e. The van der Waals surface area contributed by atoms with E-state index in [9.17, 15) is 18.8 Å². The normalized spacial score (nSPS) is 15.0. The second kappa shape index (κ2) is 9.89. The maximum absolute atomic E-state index is 13.8. The van der Waals surface area contributed by atoms with Gasteiger partial charge in [-0.05, 0) is 54.0 Å². The number of aryl methyl sites for hydroxylation is 1. The number of hydrogen-bond acceptors (Lipinski definition) is 4. The summed E-state index contributed by atoms with van der Waals surface area (Å²) < 4.78 is 19.4. The summed E-state index contributed by atoms with van der Waals surface area (Å²) in [5.41, 5.74) is 2.03. The number of amides is 4. The highest BCUT2D eigenvalue weighted by atomic mass is 35.5. The van der Waals surface area contributed by atoms with Crippen LogP contribution in [0.4, 0.5) is 14.9 Å². The molecule has 0 radical (unpaired) electrons. The number of nitrogens with zero attached hydrogens (tertiary/aromatic N) is 1. The molecular formula is C26H20ClFN2O4. The van der Waals surface area contributed by atoms with E-state index in [0.29, 0.717) is 22.6 Å². The van der Waals surface area contributed by atoms with Crippen molar-refractivity contribution >= 4 is 41.2 Å². The van der Waals surface area contributed by atoms with Gasteiger partial charge in [-0.25, -0.2) is 14.1 Å². The number of hydrogen-bond donors (Lipinski definition) is 1. The van der Waals surface area contributed by atoms with Crippen molar-refractivity contribution in [3.8, 4) is 5.75 Å². The molecule has 1 aliphatic rings. The molecule has 1 saturated heterocycles. The highest BCUT2D eigenvalue weighted by molar-refractivity contribution is 6.39. The molecule has 0 aliphatic carbocycles. The van der Waals surface area contributed by atoms with Gasteiger partial charge in [0.2, 0.25) is 0 Å². The lowest BCUT2D eigenvalue weighted by molar-refractivity contribution is -0.122. The smallest absolute Gasteiger partial charge is 0.335 e. The molecule has 1 fully saturated rings. The van der Waals surface area contributed by atoms with Gasteiger partial charge in [0, 0.05) is 5.56 Å². The van der Waals surface area contributed by atoms with Gasteiger partial charge in [-0.2, -0.15) is 0 Å². The molecule has 0 saturated carbocycles. The Labute approximate surface area is 200 Å². The number of nitrogens with one attached hydrogen (secondary N) is 1. The first kappa shape index (κ1) is 23.2. The van der Waals surface area contributed by atoms with Gasteiger partial charge in [-0.3, -0.25) is 14.9 Å². The number of carbonyl (C=O) groups excluding carboxylic acids is 3. The minimum atomic E-state index is -0.814. The molecule has 3 aromatic carbocycles. The Morgan fingerprint density at radius 1 is 1.03 bits per heavy atom. The highest BCUT2D eigenvalue weighted by Gasteiger charge is 2.36. The summed E-state index contributed by atoms with van der Waals surface area (Å²) in [7, 11) is 0. The van der Waals surface area contributed by atoms with Crippen molar-refractivity contribution in [2.45, 2.75) is 20.0 Å². The molecule has 0 spiro atoms. The minimum Gasteiger partial charge on any atom is -0.487 e. The number of rotatable bonds is 6. The predicted molar refractivity (Wildman–Crippen MR) is 127 cm³/mol. The maximum atomic E-state index is 13.8. The van der Waals surface area contributed by atoms with Crippen molar-refractivity contribution < 1.29 is 23.5 Å². The molecule has 0 unspecified atom stereocenters. The monoisotopic (exact) mass is 478 g/mol. The second-order valence-electron chi connectivity index (χ2n) is 7.55. The van der Waals surface area contributed by atoms with Crippen molar-refractivity contribution in [2.75, 3.05) is 4.90 Å². The van der Waals surface area contributed by atoms with Crippen molar-refractivity contribution in [1.82, 2.24) is 5.32 Å². The fourth-order valence-corrected chi connectivity index (χ4v) is 3.68. The first-order valence-electron chi connectivity index (χ1n) is 10.5. The molecule has 6 nitrogen and oxygen atoms in total. The number of urea groups is 1. The van der Waals surface area contributed by atoms with Crippen LogP contribution >= 0.6 is 11.6 Å². The van der Waals surface area contributed by atoms with Crippen LogP contribution in [0.1, 0.15) is 23.6 Å². The number of benzene rings is 3. The van der Waals surface area contributed by atoms with Gasteiger partial charge in [0.25, 0.3) is 11.8 Å². The third kappa shape index (κ3) is 4.84. The zero-order chi connectivity index (χ0) is 24.2. The average molecular weight is 479 g/mol. The van der Waals surface area contributed by atoms with E-state index < -0.39 is 17.8 Å².